The molecule has 0 atom stereocenters. The van der Waals surface area contributed by atoms with Crippen molar-refractivity contribution in [3.8, 4) is 11.8 Å². The van der Waals surface area contributed by atoms with Crippen LogP contribution in [0.2, 0.25) is 0 Å². The molecule has 0 aliphatic heterocycles. The number of nitrogens with zero attached hydrogens (tertiary/aromatic N) is 2. The molecule has 0 radical (unpaired) electrons. The number of aliphatic carboxylic acids is 1. The summed E-state index contributed by atoms with van der Waals surface area (Å²) in [6, 6.07) is 9.54. The molecule has 0 aliphatic rings. The lowest BCUT2D eigenvalue weighted by atomic mass is 10.2. The molecule has 0 aliphatic carbocycles. The first-order valence-electron chi connectivity index (χ1n) is 5.59. The number of carboxylic acids is 1. The minimum absolute atomic E-state index is 0.0395. The number of nitriles is 1. The van der Waals surface area contributed by atoms with Crippen molar-refractivity contribution in [2.45, 2.75) is 13.0 Å². The van der Waals surface area contributed by atoms with Gasteiger partial charge in [0, 0.05) is 13.1 Å². The second-order valence-electron chi connectivity index (χ2n) is 3.86. The second kappa shape index (κ2) is 7.30. The number of benzene rings is 1. The Morgan fingerprint density at radius 2 is 2.11 bits per heavy atom. The highest BCUT2D eigenvalue weighted by Gasteiger charge is 2.08. The van der Waals surface area contributed by atoms with Crippen LogP contribution in [0.4, 0.5) is 0 Å². The fourth-order valence-corrected chi connectivity index (χ4v) is 1.56. The first kappa shape index (κ1) is 14.0. The van der Waals surface area contributed by atoms with Gasteiger partial charge in [0.2, 0.25) is 0 Å². The fraction of sp³-hybridized carbons (Fsp3) is 0.385. The van der Waals surface area contributed by atoms with Gasteiger partial charge in [-0.1, -0.05) is 12.1 Å². The largest absolute Gasteiger partial charge is 0.497 e. The van der Waals surface area contributed by atoms with Crippen LogP contribution in [0.5, 0.6) is 5.75 Å². The molecule has 5 heteroatoms. The molecule has 1 N–H and O–H groups in total. The number of carbonyl (C=O) groups is 1. The third-order valence-corrected chi connectivity index (χ3v) is 2.50. The van der Waals surface area contributed by atoms with Gasteiger partial charge < -0.3 is 9.84 Å². The Hall–Kier alpha value is -2.06. The zero-order chi connectivity index (χ0) is 13.4. The lowest BCUT2D eigenvalue weighted by molar-refractivity contribution is -0.137. The molecule has 0 saturated carbocycles. The molecular formula is C13H16N2O3. The summed E-state index contributed by atoms with van der Waals surface area (Å²) < 4.78 is 5.06. The van der Waals surface area contributed by atoms with E-state index in [-0.39, 0.29) is 13.0 Å². The summed E-state index contributed by atoms with van der Waals surface area (Å²) in [5.41, 5.74) is 1.02. The van der Waals surface area contributed by atoms with Crippen LogP contribution >= 0.6 is 0 Å². The number of rotatable bonds is 7. The molecule has 5 nitrogen and oxygen atoms in total. The van der Waals surface area contributed by atoms with Crippen molar-refractivity contribution in [3.63, 3.8) is 0 Å². The predicted molar refractivity (Wildman–Crippen MR) is 66.1 cm³/mol. The van der Waals surface area contributed by atoms with Gasteiger partial charge in [-0.25, -0.2) is 0 Å². The average Bonchev–Trinajstić information content (AvgIpc) is 2.37. The van der Waals surface area contributed by atoms with Crippen molar-refractivity contribution >= 4 is 5.97 Å². The minimum Gasteiger partial charge on any atom is -0.497 e. The molecule has 96 valence electrons. The summed E-state index contributed by atoms with van der Waals surface area (Å²) in [7, 11) is 1.60. The number of hydrogen-bond acceptors (Lipinski definition) is 4. The summed E-state index contributed by atoms with van der Waals surface area (Å²) in [5, 5.41) is 17.3. The van der Waals surface area contributed by atoms with Gasteiger partial charge in [-0.2, -0.15) is 5.26 Å². The zero-order valence-corrected chi connectivity index (χ0v) is 10.3. The van der Waals surface area contributed by atoms with Crippen molar-refractivity contribution in [2.75, 3.05) is 20.2 Å². The van der Waals surface area contributed by atoms with Gasteiger partial charge in [0.15, 0.2) is 0 Å². The number of ether oxygens (including phenoxy) is 1. The van der Waals surface area contributed by atoms with Crippen molar-refractivity contribution in [3.05, 3.63) is 29.8 Å². The van der Waals surface area contributed by atoms with Gasteiger partial charge in [-0.05, 0) is 17.7 Å². The number of carboxylic acid groups (broad SMARTS) is 1. The van der Waals surface area contributed by atoms with Gasteiger partial charge in [0.1, 0.15) is 5.75 Å². The molecule has 0 bridgehead atoms. The quantitative estimate of drug-likeness (QED) is 0.740. The minimum atomic E-state index is -0.854. The molecule has 1 rings (SSSR count). The van der Waals surface area contributed by atoms with E-state index in [1.807, 2.05) is 30.3 Å². The SMILES string of the molecule is COc1ccc(CN(CC#N)CCC(=O)O)cc1. The zero-order valence-electron chi connectivity index (χ0n) is 10.3. The molecule has 0 saturated heterocycles. The van der Waals surface area contributed by atoms with Crippen LogP contribution in [0, 0.1) is 11.3 Å². The summed E-state index contributed by atoms with van der Waals surface area (Å²) in [4.78, 5) is 12.3. The maximum atomic E-state index is 10.5. The van der Waals surface area contributed by atoms with E-state index in [1.165, 1.54) is 0 Å². The third-order valence-electron chi connectivity index (χ3n) is 2.50. The second-order valence-corrected chi connectivity index (χ2v) is 3.86. The molecule has 1 aromatic carbocycles. The first-order chi connectivity index (χ1) is 8.65. The van der Waals surface area contributed by atoms with Crippen LogP contribution < -0.4 is 4.74 Å². The topological polar surface area (TPSA) is 73.6 Å². The van der Waals surface area contributed by atoms with E-state index in [0.717, 1.165) is 11.3 Å². The molecule has 0 aromatic heterocycles. The molecule has 0 heterocycles. The third kappa shape index (κ3) is 4.85. The Balaban J connectivity index is 2.58. The molecule has 18 heavy (non-hydrogen) atoms. The highest BCUT2D eigenvalue weighted by Crippen LogP contribution is 2.13. The van der Waals surface area contributed by atoms with Crippen LogP contribution in [0.1, 0.15) is 12.0 Å². The van der Waals surface area contributed by atoms with E-state index in [2.05, 4.69) is 0 Å². The maximum absolute atomic E-state index is 10.5. The van der Waals surface area contributed by atoms with Crippen LogP contribution in [-0.4, -0.2) is 36.2 Å². The summed E-state index contributed by atoms with van der Waals surface area (Å²) >= 11 is 0. The predicted octanol–water partition coefficient (Wildman–Crippen LogP) is 1.50. The van der Waals surface area contributed by atoms with E-state index in [9.17, 15) is 4.79 Å². The highest BCUT2D eigenvalue weighted by molar-refractivity contribution is 5.66. The number of hydrogen-bond donors (Lipinski definition) is 1. The smallest absolute Gasteiger partial charge is 0.304 e. The van der Waals surface area contributed by atoms with E-state index in [1.54, 1.807) is 12.0 Å². The Morgan fingerprint density at radius 3 is 2.61 bits per heavy atom. The van der Waals surface area contributed by atoms with Crippen molar-refractivity contribution in [1.29, 1.82) is 5.26 Å². The van der Waals surface area contributed by atoms with Crippen LogP contribution in [-0.2, 0) is 11.3 Å². The van der Waals surface area contributed by atoms with Crippen molar-refractivity contribution in [2.24, 2.45) is 0 Å². The van der Waals surface area contributed by atoms with Gasteiger partial charge in [0.25, 0.3) is 0 Å². The molecule has 0 unspecified atom stereocenters. The monoisotopic (exact) mass is 248 g/mol. The molecule has 1 aromatic rings. The molecule has 0 fully saturated rings. The normalized spacial score (nSPS) is 10.1. The lowest BCUT2D eigenvalue weighted by Crippen LogP contribution is -2.26. The van der Waals surface area contributed by atoms with E-state index in [4.69, 9.17) is 15.1 Å². The van der Waals surface area contributed by atoms with Gasteiger partial charge >= 0.3 is 5.97 Å². The highest BCUT2D eigenvalue weighted by atomic mass is 16.5. The molecular weight excluding hydrogens is 232 g/mol. The average molecular weight is 248 g/mol. The van der Waals surface area contributed by atoms with E-state index in [0.29, 0.717) is 13.1 Å². The molecule has 0 spiro atoms. The van der Waals surface area contributed by atoms with Crippen LogP contribution in [0.3, 0.4) is 0 Å². The van der Waals surface area contributed by atoms with E-state index >= 15 is 0 Å². The summed E-state index contributed by atoms with van der Waals surface area (Å²) in [5.74, 6) is -0.0798. The van der Waals surface area contributed by atoms with Crippen LogP contribution in [0.15, 0.2) is 24.3 Å². The Morgan fingerprint density at radius 1 is 1.44 bits per heavy atom. The van der Waals surface area contributed by atoms with Gasteiger partial charge in [0.05, 0.1) is 26.1 Å². The first-order valence-corrected chi connectivity index (χ1v) is 5.59. The Kier molecular flexibility index (Phi) is 5.68. The van der Waals surface area contributed by atoms with Crippen molar-refractivity contribution in [1.82, 2.24) is 4.90 Å². The Labute approximate surface area is 106 Å². The fourth-order valence-electron chi connectivity index (χ4n) is 1.56. The standard InChI is InChI=1S/C13H16N2O3/c1-18-12-4-2-11(3-5-12)10-15(9-7-14)8-6-13(16)17/h2-5H,6,8-10H2,1H3,(H,16,17). The molecule has 0 amide bonds. The summed E-state index contributed by atoms with van der Waals surface area (Å²) in [6.07, 6.45) is 0.0395. The number of methoxy groups -OCH3 is 1. The maximum Gasteiger partial charge on any atom is 0.304 e. The van der Waals surface area contributed by atoms with Crippen LogP contribution in [0.25, 0.3) is 0 Å². The van der Waals surface area contributed by atoms with Crippen molar-refractivity contribution < 1.29 is 14.6 Å². The van der Waals surface area contributed by atoms with Gasteiger partial charge in [-0.15, -0.1) is 0 Å². The van der Waals surface area contributed by atoms with E-state index < -0.39 is 5.97 Å². The lowest BCUT2D eigenvalue weighted by Gasteiger charge is -2.18. The van der Waals surface area contributed by atoms with Gasteiger partial charge in [-0.3, -0.25) is 9.69 Å². The Bertz CT molecular complexity index is 423. The summed E-state index contributed by atoms with van der Waals surface area (Å²) in [6.45, 7) is 1.15.